The van der Waals surface area contributed by atoms with Gasteiger partial charge in [-0.2, -0.15) is 0 Å². The Bertz CT molecular complexity index is 310. The predicted molar refractivity (Wildman–Crippen MR) is 56.9 cm³/mol. The van der Waals surface area contributed by atoms with E-state index < -0.39 is 7.12 Å². The molecule has 14 heavy (non-hydrogen) atoms. The summed E-state index contributed by atoms with van der Waals surface area (Å²) in [5, 5.41) is 18.1. The molecule has 2 N–H and O–H groups in total. The van der Waals surface area contributed by atoms with Gasteiger partial charge in [0.25, 0.3) is 0 Å². The zero-order valence-corrected chi connectivity index (χ0v) is 8.69. The molecule has 1 aromatic rings. The standard InChI is InChI=1S/C10H15BO3/c1-7(2)8-4-5-9(11(12)13)10(6-8)14-3/h4-7,12-13H,1-3H3. The molecule has 0 unspecified atom stereocenters. The fourth-order valence-corrected chi connectivity index (χ4v) is 1.30. The van der Waals surface area contributed by atoms with Crippen LogP contribution in [-0.4, -0.2) is 24.3 Å². The highest BCUT2D eigenvalue weighted by molar-refractivity contribution is 6.59. The Kier molecular flexibility index (Phi) is 3.55. The molecule has 76 valence electrons. The van der Waals surface area contributed by atoms with Gasteiger partial charge in [-0.3, -0.25) is 0 Å². The van der Waals surface area contributed by atoms with Crippen molar-refractivity contribution in [1.29, 1.82) is 0 Å². The van der Waals surface area contributed by atoms with E-state index in [-0.39, 0.29) is 0 Å². The van der Waals surface area contributed by atoms with E-state index in [1.165, 1.54) is 7.11 Å². The molecule has 1 rings (SSSR count). The molecule has 0 saturated carbocycles. The summed E-state index contributed by atoms with van der Waals surface area (Å²) in [6.45, 7) is 4.15. The van der Waals surface area contributed by atoms with Crippen LogP contribution in [0.15, 0.2) is 18.2 Å². The van der Waals surface area contributed by atoms with Crippen LogP contribution in [0.2, 0.25) is 0 Å². The van der Waals surface area contributed by atoms with Gasteiger partial charge in [0.05, 0.1) is 7.11 Å². The maximum Gasteiger partial charge on any atom is 0.492 e. The largest absolute Gasteiger partial charge is 0.497 e. The number of ether oxygens (including phenoxy) is 1. The monoisotopic (exact) mass is 194 g/mol. The Morgan fingerprint density at radius 2 is 1.93 bits per heavy atom. The third kappa shape index (κ3) is 2.27. The maximum atomic E-state index is 9.04. The summed E-state index contributed by atoms with van der Waals surface area (Å²) in [6.07, 6.45) is 0. The molecule has 0 aliphatic rings. The van der Waals surface area contributed by atoms with Gasteiger partial charge in [0, 0.05) is 5.46 Å². The summed E-state index contributed by atoms with van der Waals surface area (Å²) < 4.78 is 5.08. The zero-order valence-electron chi connectivity index (χ0n) is 8.69. The van der Waals surface area contributed by atoms with E-state index in [4.69, 9.17) is 14.8 Å². The van der Waals surface area contributed by atoms with E-state index in [0.29, 0.717) is 17.1 Å². The second kappa shape index (κ2) is 4.48. The summed E-state index contributed by atoms with van der Waals surface area (Å²) in [7, 11) is 0.0388. The Labute approximate surface area is 84.5 Å². The molecule has 0 atom stereocenters. The molecule has 0 aliphatic heterocycles. The lowest BCUT2D eigenvalue weighted by Gasteiger charge is -2.11. The van der Waals surface area contributed by atoms with Crippen LogP contribution < -0.4 is 10.2 Å². The number of benzene rings is 1. The molecule has 0 aliphatic carbocycles. The Morgan fingerprint density at radius 1 is 1.29 bits per heavy atom. The van der Waals surface area contributed by atoms with Gasteiger partial charge in [-0.05, 0) is 17.5 Å². The van der Waals surface area contributed by atoms with Crippen LogP contribution in [0.5, 0.6) is 5.75 Å². The van der Waals surface area contributed by atoms with Gasteiger partial charge in [-0.1, -0.05) is 26.0 Å². The van der Waals surface area contributed by atoms with Gasteiger partial charge >= 0.3 is 7.12 Å². The van der Waals surface area contributed by atoms with E-state index in [1.807, 2.05) is 12.1 Å². The fourth-order valence-electron chi connectivity index (χ4n) is 1.30. The lowest BCUT2D eigenvalue weighted by molar-refractivity contribution is 0.402. The molecule has 0 heterocycles. The van der Waals surface area contributed by atoms with Crippen LogP contribution in [-0.2, 0) is 0 Å². The summed E-state index contributed by atoms with van der Waals surface area (Å²) in [6, 6.07) is 5.39. The summed E-state index contributed by atoms with van der Waals surface area (Å²) in [5.74, 6) is 0.917. The first-order valence-electron chi connectivity index (χ1n) is 4.60. The summed E-state index contributed by atoms with van der Waals surface area (Å²) in [5.41, 5.74) is 1.52. The Morgan fingerprint density at radius 3 is 2.36 bits per heavy atom. The van der Waals surface area contributed by atoms with Gasteiger partial charge in [0.2, 0.25) is 0 Å². The quantitative estimate of drug-likeness (QED) is 0.688. The normalized spacial score (nSPS) is 10.4. The van der Waals surface area contributed by atoms with E-state index in [0.717, 1.165) is 5.56 Å². The average Bonchev–Trinajstić information content (AvgIpc) is 2.16. The lowest BCUT2D eigenvalue weighted by Crippen LogP contribution is -2.31. The van der Waals surface area contributed by atoms with Crippen molar-refractivity contribution in [1.82, 2.24) is 0 Å². The van der Waals surface area contributed by atoms with Crippen LogP contribution in [0.1, 0.15) is 25.3 Å². The van der Waals surface area contributed by atoms with E-state index in [2.05, 4.69) is 13.8 Å². The van der Waals surface area contributed by atoms with Crippen LogP contribution in [0.25, 0.3) is 0 Å². The second-order valence-electron chi connectivity index (χ2n) is 3.53. The van der Waals surface area contributed by atoms with Crippen molar-refractivity contribution in [2.45, 2.75) is 19.8 Å². The average molecular weight is 194 g/mol. The smallest absolute Gasteiger partial charge is 0.492 e. The van der Waals surface area contributed by atoms with E-state index in [9.17, 15) is 0 Å². The molecule has 0 radical (unpaired) electrons. The predicted octanol–water partition coefficient (Wildman–Crippen LogP) is 0.498. The molecule has 0 bridgehead atoms. The minimum Gasteiger partial charge on any atom is -0.497 e. The van der Waals surface area contributed by atoms with Crippen molar-refractivity contribution in [2.75, 3.05) is 7.11 Å². The number of rotatable bonds is 3. The SMILES string of the molecule is COc1cc(C(C)C)ccc1B(O)O. The second-order valence-corrected chi connectivity index (χ2v) is 3.53. The van der Waals surface area contributed by atoms with Crippen molar-refractivity contribution in [3.63, 3.8) is 0 Å². The fraction of sp³-hybridized carbons (Fsp3) is 0.400. The highest BCUT2D eigenvalue weighted by atomic mass is 16.5. The zero-order chi connectivity index (χ0) is 10.7. The minimum atomic E-state index is -1.48. The third-order valence-electron chi connectivity index (χ3n) is 2.20. The minimum absolute atomic E-state index is 0.397. The van der Waals surface area contributed by atoms with E-state index >= 15 is 0 Å². The molecular formula is C10H15BO3. The topological polar surface area (TPSA) is 49.7 Å². The van der Waals surface area contributed by atoms with Gasteiger partial charge < -0.3 is 14.8 Å². The van der Waals surface area contributed by atoms with Crippen molar-refractivity contribution in [3.8, 4) is 5.75 Å². The van der Waals surface area contributed by atoms with Crippen molar-refractivity contribution < 1.29 is 14.8 Å². The Balaban J connectivity index is 3.11. The van der Waals surface area contributed by atoms with Crippen LogP contribution >= 0.6 is 0 Å². The van der Waals surface area contributed by atoms with Gasteiger partial charge in [-0.25, -0.2) is 0 Å². The number of methoxy groups -OCH3 is 1. The first kappa shape index (κ1) is 11.1. The molecule has 3 nitrogen and oxygen atoms in total. The maximum absolute atomic E-state index is 9.04. The number of hydrogen-bond acceptors (Lipinski definition) is 3. The number of hydrogen-bond donors (Lipinski definition) is 2. The molecule has 0 saturated heterocycles. The molecule has 0 fully saturated rings. The first-order chi connectivity index (χ1) is 6.56. The molecule has 0 spiro atoms. The highest BCUT2D eigenvalue weighted by Crippen LogP contribution is 2.18. The molecule has 1 aromatic carbocycles. The van der Waals surface area contributed by atoms with Crippen LogP contribution in [0.3, 0.4) is 0 Å². The molecule has 0 amide bonds. The van der Waals surface area contributed by atoms with Gasteiger partial charge in [0.15, 0.2) is 0 Å². The molecule has 4 heteroatoms. The lowest BCUT2D eigenvalue weighted by atomic mass is 9.78. The van der Waals surface area contributed by atoms with Gasteiger partial charge in [-0.15, -0.1) is 0 Å². The van der Waals surface area contributed by atoms with E-state index in [1.54, 1.807) is 6.07 Å². The molecule has 0 aromatic heterocycles. The van der Waals surface area contributed by atoms with Gasteiger partial charge in [0.1, 0.15) is 5.75 Å². The highest BCUT2D eigenvalue weighted by Gasteiger charge is 2.17. The van der Waals surface area contributed by atoms with Crippen molar-refractivity contribution in [2.24, 2.45) is 0 Å². The third-order valence-corrected chi connectivity index (χ3v) is 2.20. The first-order valence-corrected chi connectivity index (χ1v) is 4.60. The summed E-state index contributed by atoms with van der Waals surface area (Å²) >= 11 is 0. The van der Waals surface area contributed by atoms with Crippen molar-refractivity contribution in [3.05, 3.63) is 23.8 Å². The van der Waals surface area contributed by atoms with Crippen LogP contribution in [0, 0.1) is 0 Å². The molecular weight excluding hydrogens is 179 g/mol. The van der Waals surface area contributed by atoms with Crippen molar-refractivity contribution >= 4 is 12.6 Å². The van der Waals surface area contributed by atoms with Crippen LogP contribution in [0.4, 0.5) is 0 Å². The summed E-state index contributed by atoms with van der Waals surface area (Å²) in [4.78, 5) is 0. The Hall–Kier alpha value is -0.995.